The number of benzene rings is 2. The van der Waals surface area contributed by atoms with Gasteiger partial charge in [-0.25, -0.2) is 4.98 Å². The Morgan fingerprint density at radius 2 is 0.806 bits per heavy atom. The lowest BCUT2D eigenvalue weighted by Crippen LogP contribution is -2.16. The van der Waals surface area contributed by atoms with Gasteiger partial charge in [0.1, 0.15) is 0 Å². The Balaban J connectivity index is 2.00. The van der Waals surface area contributed by atoms with Crippen LogP contribution in [0.4, 0.5) is 11.4 Å². The van der Waals surface area contributed by atoms with Gasteiger partial charge in [-0.15, -0.1) is 0 Å². The van der Waals surface area contributed by atoms with E-state index in [9.17, 15) is 0 Å². The second kappa shape index (κ2) is 10.1. The van der Waals surface area contributed by atoms with Gasteiger partial charge in [0.15, 0.2) is 0 Å². The molecule has 0 atom stereocenters. The van der Waals surface area contributed by atoms with E-state index in [4.69, 9.17) is 15.0 Å². The van der Waals surface area contributed by atoms with Gasteiger partial charge in [-0.2, -0.15) is 0 Å². The predicted molar refractivity (Wildman–Crippen MR) is 157 cm³/mol. The van der Waals surface area contributed by atoms with Crippen molar-refractivity contribution in [2.75, 3.05) is 0 Å². The van der Waals surface area contributed by atoms with Crippen LogP contribution in [0.15, 0.2) is 70.6 Å². The molecule has 0 amide bonds. The predicted octanol–water partition coefficient (Wildman–Crippen LogP) is 9.26. The van der Waals surface area contributed by atoms with Gasteiger partial charge in [0.05, 0.1) is 34.2 Å². The summed E-state index contributed by atoms with van der Waals surface area (Å²) in [5, 5.41) is 0. The Labute approximate surface area is 218 Å². The Kier molecular flexibility index (Phi) is 7.74. The molecule has 1 heterocycles. The van der Waals surface area contributed by atoms with Gasteiger partial charge in [0, 0.05) is 0 Å². The standard InChI is InChI=1S/C33H43N3/c1-22(34-27-16-12-24(13-17-27)31(3,4)5)29-20-26(33(9,10)11)21-30(36-29)23(2)35-28-18-14-25(15-19-28)32(6,7)8/h12-21H,1-11H3. The van der Waals surface area contributed by atoms with Crippen molar-refractivity contribution in [3.8, 4) is 0 Å². The van der Waals surface area contributed by atoms with Gasteiger partial charge in [0.2, 0.25) is 0 Å². The maximum atomic E-state index is 4.99. The molecule has 0 unspecified atom stereocenters. The maximum Gasteiger partial charge on any atom is 0.0852 e. The number of hydrogen-bond donors (Lipinski definition) is 0. The van der Waals surface area contributed by atoms with Crippen LogP contribution in [0.5, 0.6) is 0 Å². The van der Waals surface area contributed by atoms with Gasteiger partial charge >= 0.3 is 0 Å². The molecule has 0 aliphatic carbocycles. The number of aliphatic imine (C=N–C) groups is 2. The van der Waals surface area contributed by atoms with E-state index in [1.807, 2.05) is 13.8 Å². The van der Waals surface area contributed by atoms with Crippen molar-refractivity contribution < 1.29 is 0 Å². The fourth-order valence-corrected chi connectivity index (χ4v) is 3.91. The van der Waals surface area contributed by atoms with E-state index < -0.39 is 0 Å². The second-order valence-electron chi connectivity index (χ2n) is 12.9. The van der Waals surface area contributed by atoms with E-state index in [-0.39, 0.29) is 16.2 Å². The van der Waals surface area contributed by atoms with Crippen LogP contribution in [0, 0.1) is 0 Å². The smallest absolute Gasteiger partial charge is 0.0852 e. The molecule has 0 saturated carbocycles. The normalized spacial score (nSPS) is 13.8. The summed E-state index contributed by atoms with van der Waals surface area (Å²) >= 11 is 0. The monoisotopic (exact) mass is 481 g/mol. The first-order chi connectivity index (χ1) is 16.5. The van der Waals surface area contributed by atoms with Crippen LogP contribution in [0.2, 0.25) is 0 Å². The number of hydrogen-bond acceptors (Lipinski definition) is 3. The molecular formula is C33H43N3. The SMILES string of the molecule is CC(=Nc1ccc(C(C)(C)C)cc1)c1cc(C(C)(C)C)cc(C(C)=Nc2ccc(C(C)(C)C)cc2)n1. The highest BCUT2D eigenvalue weighted by Gasteiger charge is 2.19. The fraction of sp³-hybridized carbons (Fsp3) is 0.424. The average Bonchev–Trinajstić information content (AvgIpc) is 2.77. The van der Waals surface area contributed by atoms with Crippen molar-refractivity contribution in [1.29, 1.82) is 0 Å². The minimum absolute atomic E-state index is 0.0181. The minimum atomic E-state index is -0.0181. The summed E-state index contributed by atoms with van der Waals surface area (Å²) in [7, 11) is 0. The summed E-state index contributed by atoms with van der Waals surface area (Å²) < 4.78 is 0. The summed E-state index contributed by atoms with van der Waals surface area (Å²) in [6.07, 6.45) is 0. The first-order valence-electron chi connectivity index (χ1n) is 12.9. The van der Waals surface area contributed by atoms with Crippen molar-refractivity contribution in [3.63, 3.8) is 0 Å². The Hall–Kier alpha value is -3.07. The largest absolute Gasteiger partial charge is 0.252 e. The van der Waals surface area contributed by atoms with E-state index in [2.05, 4.69) is 123 Å². The van der Waals surface area contributed by atoms with Crippen molar-refractivity contribution >= 4 is 22.8 Å². The van der Waals surface area contributed by atoms with Gasteiger partial charge < -0.3 is 0 Å². The molecule has 0 fully saturated rings. The van der Waals surface area contributed by atoms with Crippen LogP contribution >= 0.6 is 0 Å². The first kappa shape index (κ1) is 27.5. The summed E-state index contributed by atoms with van der Waals surface area (Å²) in [6, 6.07) is 21.3. The van der Waals surface area contributed by atoms with Crippen LogP contribution in [-0.4, -0.2) is 16.4 Å². The molecule has 190 valence electrons. The molecule has 0 radical (unpaired) electrons. The third kappa shape index (κ3) is 7.00. The number of nitrogens with zero attached hydrogens (tertiary/aromatic N) is 3. The van der Waals surface area contributed by atoms with Gasteiger partial charge in [0.25, 0.3) is 0 Å². The lowest BCUT2D eigenvalue weighted by Gasteiger charge is -2.21. The zero-order valence-electron chi connectivity index (χ0n) is 24.1. The van der Waals surface area contributed by atoms with E-state index in [1.165, 1.54) is 16.7 Å². The quantitative estimate of drug-likeness (QED) is 0.342. The first-order valence-corrected chi connectivity index (χ1v) is 12.9. The zero-order chi connectivity index (χ0) is 26.9. The highest BCUT2D eigenvalue weighted by Crippen LogP contribution is 2.28. The average molecular weight is 482 g/mol. The number of pyridine rings is 1. The van der Waals surface area contributed by atoms with E-state index in [0.717, 1.165) is 34.2 Å². The molecule has 3 rings (SSSR count). The highest BCUT2D eigenvalue weighted by molar-refractivity contribution is 6.02. The minimum Gasteiger partial charge on any atom is -0.252 e. The molecule has 0 aliphatic rings. The van der Waals surface area contributed by atoms with Gasteiger partial charge in [-0.05, 0) is 83.2 Å². The van der Waals surface area contributed by atoms with Crippen molar-refractivity contribution in [2.45, 2.75) is 92.4 Å². The molecule has 0 aliphatic heterocycles. The van der Waals surface area contributed by atoms with Crippen LogP contribution in [0.25, 0.3) is 0 Å². The topological polar surface area (TPSA) is 37.6 Å². The van der Waals surface area contributed by atoms with E-state index in [1.54, 1.807) is 0 Å². The molecule has 1 aromatic heterocycles. The number of rotatable bonds is 4. The lowest BCUT2D eigenvalue weighted by molar-refractivity contribution is 0.589. The van der Waals surface area contributed by atoms with Crippen molar-refractivity contribution in [1.82, 2.24) is 4.98 Å². The summed E-state index contributed by atoms with van der Waals surface area (Å²) in [5.41, 5.74) is 9.49. The molecule has 0 bridgehead atoms. The lowest BCUT2D eigenvalue weighted by atomic mass is 9.86. The Morgan fingerprint density at radius 3 is 1.08 bits per heavy atom. The van der Waals surface area contributed by atoms with E-state index >= 15 is 0 Å². The van der Waals surface area contributed by atoms with Gasteiger partial charge in [-0.3, -0.25) is 9.98 Å². The highest BCUT2D eigenvalue weighted by atomic mass is 14.8. The van der Waals surface area contributed by atoms with Crippen molar-refractivity contribution in [2.24, 2.45) is 9.98 Å². The Bertz CT molecular complexity index is 1160. The summed E-state index contributed by atoms with van der Waals surface area (Å²) in [4.78, 5) is 14.8. The second-order valence-corrected chi connectivity index (χ2v) is 12.9. The van der Waals surface area contributed by atoms with E-state index in [0.29, 0.717) is 0 Å². The molecule has 36 heavy (non-hydrogen) atoms. The molecule has 3 aromatic rings. The third-order valence-corrected chi connectivity index (χ3v) is 6.49. The summed E-state index contributed by atoms with van der Waals surface area (Å²) in [6.45, 7) is 24.1. The molecule has 0 N–H and O–H groups in total. The van der Waals surface area contributed by atoms with Crippen LogP contribution in [0.1, 0.15) is 104 Å². The fourth-order valence-electron chi connectivity index (χ4n) is 3.91. The zero-order valence-corrected chi connectivity index (χ0v) is 24.1. The van der Waals surface area contributed by atoms with Crippen LogP contribution < -0.4 is 0 Å². The Morgan fingerprint density at radius 1 is 0.500 bits per heavy atom. The molecule has 3 nitrogen and oxygen atoms in total. The third-order valence-electron chi connectivity index (χ3n) is 6.49. The van der Waals surface area contributed by atoms with Crippen molar-refractivity contribution in [3.05, 3.63) is 88.7 Å². The summed E-state index contributed by atoms with van der Waals surface area (Å²) in [5.74, 6) is 0. The number of aromatic nitrogens is 1. The van der Waals surface area contributed by atoms with Gasteiger partial charge in [-0.1, -0.05) is 86.6 Å². The van der Waals surface area contributed by atoms with Crippen LogP contribution in [-0.2, 0) is 16.2 Å². The molecule has 3 heteroatoms. The molecular weight excluding hydrogens is 438 g/mol. The molecule has 0 spiro atoms. The van der Waals surface area contributed by atoms with Crippen LogP contribution in [0.3, 0.4) is 0 Å². The molecule has 2 aromatic carbocycles. The maximum absolute atomic E-state index is 4.99. The molecule has 0 saturated heterocycles.